The Hall–Kier alpha value is -3.58. The number of ether oxygens (including phenoxy) is 1. The molecule has 0 radical (unpaired) electrons. The molecule has 0 amide bonds. The number of fused-ring (bicyclic) bond motifs is 1. The molecule has 4 heterocycles. The first kappa shape index (κ1) is 27.5. The van der Waals surface area contributed by atoms with Gasteiger partial charge in [-0.15, -0.1) is 5.54 Å². The van der Waals surface area contributed by atoms with E-state index in [9.17, 15) is 5.26 Å². The number of nitrogens with zero attached hydrogens (tertiary/aromatic N) is 7. The van der Waals surface area contributed by atoms with E-state index in [2.05, 4.69) is 76.9 Å². The number of aromatic nitrogens is 6. The van der Waals surface area contributed by atoms with Crippen LogP contribution in [-0.2, 0) is 11.5 Å². The highest BCUT2D eigenvalue weighted by Crippen LogP contribution is 2.29. The van der Waals surface area contributed by atoms with E-state index >= 15 is 0 Å². The molecule has 0 saturated carbocycles. The molecule has 0 fully saturated rings. The molecule has 8 nitrogen and oxygen atoms in total. The summed E-state index contributed by atoms with van der Waals surface area (Å²) in [5, 5.41) is 15.1. The van der Waals surface area contributed by atoms with E-state index in [0.717, 1.165) is 46.1 Å². The Morgan fingerprint density at radius 1 is 1.08 bits per heavy atom. The Kier molecular flexibility index (Phi) is 8.27. The van der Waals surface area contributed by atoms with Crippen LogP contribution in [0.3, 0.4) is 0 Å². The van der Waals surface area contributed by atoms with Gasteiger partial charge in [0.15, 0.2) is 0 Å². The lowest BCUT2D eigenvalue weighted by molar-refractivity contribution is 0.0899. The Morgan fingerprint density at radius 2 is 1.89 bits per heavy atom. The maximum absolute atomic E-state index is 9.57. The molecule has 1 unspecified atom stereocenters. The SMILES string of the molecule is C[Si](C)(C)C#Cc1cncc(C(CC#N)n2cc(-c3ncnc4c3ccn4COCC[Si](C)(C)C)cn2)c1. The minimum Gasteiger partial charge on any atom is -0.361 e. The number of pyridine rings is 1. The molecule has 0 bridgehead atoms. The van der Waals surface area contributed by atoms with Crippen molar-refractivity contribution in [2.75, 3.05) is 6.61 Å². The summed E-state index contributed by atoms with van der Waals surface area (Å²) in [5.74, 6) is 3.26. The first-order valence-corrected chi connectivity index (χ1v) is 20.0. The summed E-state index contributed by atoms with van der Waals surface area (Å²) in [4.78, 5) is 13.5. The van der Waals surface area contributed by atoms with Crippen LogP contribution in [0.1, 0.15) is 23.6 Å². The number of hydrogen-bond donors (Lipinski definition) is 0. The maximum Gasteiger partial charge on any atom is 0.145 e. The van der Waals surface area contributed by atoms with Gasteiger partial charge in [0.25, 0.3) is 0 Å². The Balaban J connectivity index is 1.59. The number of hydrogen-bond acceptors (Lipinski definition) is 6. The van der Waals surface area contributed by atoms with E-state index in [4.69, 9.17) is 4.74 Å². The summed E-state index contributed by atoms with van der Waals surface area (Å²) in [6.07, 6.45) is 11.1. The predicted octanol–water partition coefficient (Wildman–Crippen LogP) is 5.73. The van der Waals surface area contributed by atoms with Crippen LogP contribution < -0.4 is 0 Å². The predicted molar refractivity (Wildman–Crippen MR) is 156 cm³/mol. The molecule has 0 aromatic carbocycles. The lowest BCUT2D eigenvalue weighted by Gasteiger charge is -2.15. The Labute approximate surface area is 226 Å². The molecule has 0 saturated heterocycles. The Bertz CT molecular complexity index is 1510. The van der Waals surface area contributed by atoms with Crippen molar-refractivity contribution in [2.24, 2.45) is 0 Å². The van der Waals surface area contributed by atoms with Gasteiger partial charge in [-0.2, -0.15) is 10.4 Å². The van der Waals surface area contributed by atoms with Crippen LogP contribution in [0, 0.1) is 22.8 Å². The van der Waals surface area contributed by atoms with Crippen LogP contribution in [0.2, 0.25) is 45.3 Å². The zero-order chi connectivity index (χ0) is 27.3. The second-order valence-electron chi connectivity index (χ2n) is 11.7. The van der Waals surface area contributed by atoms with E-state index in [1.807, 2.05) is 33.8 Å². The van der Waals surface area contributed by atoms with Gasteiger partial charge in [0, 0.05) is 56.0 Å². The highest BCUT2D eigenvalue weighted by atomic mass is 28.3. The average molecular weight is 542 g/mol. The van der Waals surface area contributed by atoms with Crippen molar-refractivity contribution in [1.29, 1.82) is 5.26 Å². The zero-order valence-corrected chi connectivity index (χ0v) is 25.1. The summed E-state index contributed by atoms with van der Waals surface area (Å²) in [6, 6.07) is 7.16. The van der Waals surface area contributed by atoms with Gasteiger partial charge < -0.3 is 9.30 Å². The van der Waals surface area contributed by atoms with E-state index in [0.29, 0.717) is 6.73 Å². The van der Waals surface area contributed by atoms with Gasteiger partial charge in [0.1, 0.15) is 26.8 Å². The molecular formula is C28H35N7OSi2. The Morgan fingerprint density at radius 3 is 2.63 bits per heavy atom. The van der Waals surface area contributed by atoms with Gasteiger partial charge in [0.2, 0.25) is 0 Å². The lowest BCUT2D eigenvalue weighted by Crippen LogP contribution is -2.22. The fraction of sp³-hybridized carbons (Fsp3) is 0.393. The summed E-state index contributed by atoms with van der Waals surface area (Å²) in [7, 11) is -2.65. The van der Waals surface area contributed by atoms with Crippen LogP contribution >= 0.6 is 0 Å². The van der Waals surface area contributed by atoms with Gasteiger partial charge in [-0.3, -0.25) is 9.67 Å². The van der Waals surface area contributed by atoms with Crippen LogP contribution in [0.5, 0.6) is 0 Å². The lowest BCUT2D eigenvalue weighted by atomic mass is 10.0. The molecule has 4 aromatic rings. The third-order valence-corrected chi connectivity index (χ3v) is 8.57. The second kappa shape index (κ2) is 11.4. The molecule has 4 rings (SSSR count). The summed E-state index contributed by atoms with van der Waals surface area (Å²) in [6.45, 7) is 14.9. The quantitative estimate of drug-likeness (QED) is 0.152. The van der Waals surface area contributed by atoms with Crippen molar-refractivity contribution in [3.05, 3.63) is 60.6 Å². The average Bonchev–Trinajstić information content (AvgIpc) is 3.51. The fourth-order valence-electron chi connectivity index (χ4n) is 3.93. The van der Waals surface area contributed by atoms with Gasteiger partial charge in [0.05, 0.1) is 30.4 Å². The van der Waals surface area contributed by atoms with E-state index in [1.54, 1.807) is 24.9 Å². The van der Waals surface area contributed by atoms with Crippen LogP contribution in [0.25, 0.3) is 22.3 Å². The van der Waals surface area contributed by atoms with Crippen LogP contribution in [-0.4, -0.2) is 52.1 Å². The van der Waals surface area contributed by atoms with Crippen LogP contribution in [0.15, 0.2) is 49.4 Å². The summed E-state index contributed by atoms with van der Waals surface area (Å²) >= 11 is 0. The molecule has 0 aliphatic heterocycles. The molecule has 38 heavy (non-hydrogen) atoms. The topological polar surface area (TPSA) is 94.4 Å². The largest absolute Gasteiger partial charge is 0.361 e. The molecular weight excluding hydrogens is 507 g/mol. The molecule has 0 spiro atoms. The van der Waals surface area contributed by atoms with E-state index in [1.165, 1.54) is 0 Å². The van der Waals surface area contributed by atoms with E-state index in [-0.39, 0.29) is 12.5 Å². The van der Waals surface area contributed by atoms with E-state index < -0.39 is 16.1 Å². The molecule has 0 aliphatic carbocycles. The molecule has 0 aliphatic rings. The summed E-state index contributed by atoms with van der Waals surface area (Å²) < 4.78 is 9.76. The molecule has 196 valence electrons. The molecule has 1 atom stereocenters. The van der Waals surface area contributed by atoms with Crippen molar-refractivity contribution in [2.45, 2.75) is 64.5 Å². The van der Waals surface area contributed by atoms with Crippen molar-refractivity contribution < 1.29 is 4.74 Å². The first-order chi connectivity index (χ1) is 18.0. The monoisotopic (exact) mass is 541 g/mol. The molecule has 0 N–H and O–H groups in total. The number of nitriles is 1. The van der Waals surface area contributed by atoms with Gasteiger partial charge in [-0.05, 0) is 23.7 Å². The minimum atomic E-state index is -1.52. The highest BCUT2D eigenvalue weighted by Gasteiger charge is 2.19. The smallest absolute Gasteiger partial charge is 0.145 e. The van der Waals surface area contributed by atoms with Crippen LogP contribution in [0.4, 0.5) is 0 Å². The molecule has 10 heteroatoms. The normalized spacial score (nSPS) is 12.7. The third kappa shape index (κ3) is 7.04. The summed E-state index contributed by atoms with van der Waals surface area (Å²) in [5.41, 5.74) is 7.61. The van der Waals surface area contributed by atoms with Gasteiger partial charge >= 0.3 is 0 Å². The minimum absolute atomic E-state index is 0.262. The fourth-order valence-corrected chi connectivity index (χ4v) is 5.20. The first-order valence-electron chi connectivity index (χ1n) is 12.8. The van der Waals surface area contributed by atoms with Crippen molar-refractivity contribution >= 4 is 27.2 Å². The van der Waals surface area contributed by atoms with Gasteiger partial charge in [-0.25, -0.2) is 9.97 Å². The maximum atomic E-state index is 9.57. The van der Waals surface area contributed by atoms with Crippen molar-refractivity contribution in [3.63, 3.8) is 0 Å². The third-order valence-electron chi connectivity index (χ3n) is 5.99. The number of rotatable bonds is 9. The van der Waals surface area contributed by atoms with Crippen molar-refractivity contribution in [3.8, 4) is 28.8 Å². The highest BCUT2D eigenvalue weighted by molar-refractivity contribution is 6.83. The standard InChI is InChI=1S/C28H35N7OSi2/c1-37(2,3)13-9-22-15-23(17-30-16-22)26(7-10-29)35-19-24(18-33-35)27-25-8-11-34(28(25)32-20-31-27)21-36-12-14-38(4,5)6/h8,11,15-20,26H,7,12,14,21H2,1-6H3. The molecule has 4 aromatic heterocycles. The zero-order valence-electron chi connectivity index (χ0n) is 23.1. The van der Waals surface area contributed by atoms with Crippen molar-refractivity contribution in [1.82, 2.24) is 29.3 Å². The second-order valence-corrected chi connectivity index (χ2v) is 22.1. The van der Waals surface area contributed by atoms with Gasteiger partial charge in [-0.1, -0.05) is 45.2 Å².